The smallest absolute Gasteiger partial charge is 0.0571 e. The minimum Gasteiger partial charge on any atom is -0.411 e. The van der Waals surface area contributed by atoms with Crippen molar-refractivity contribution >= 4 is 5.71 Å². The molecule has 2 heteroatoms. The largest absolute Gasteiger partial charge is 0.411 e. The lowest BCUT2D eigenvalue weighted by Gasteiger charge is -2.28. The van der Waals surface area contributed by atoms with Gasteiger partial charge in [-0.1, -0.05) is 30.7 Å². The van der Waals surface area contributed by atoms with Crippen LogP contribution in [0.3, 0.4) is 0 Å². The molecule has 0 aromatic carbocycles. The Bertz CT molecular complexity index is 308. The van der Waals surface area contributed by atoms with Gasteiger partial charge in [-0.3, -0.25) is 0 Å². The number of hydrogen-bond donors (Lipinski definition) is 1. The first kappa shape index (κ1) is 11.7. The quantitative estimate of drug-likeness (QED) is 0.323. The molecule has 90 valence electrons. The minimum absolute atomic E-state index is 0.441. The predicted molar refractivity (Wildman–Crippen MR) is 66.8 cm³/mol. The highest BCUT2D eigenvalue weighted by Gasteiger charge is 2.42. The molecule has 0 aromatic rings. The average molecular weight is 221 g/mol. The van der Waals surface area contributed by atoms with E-state index in [1.54, 1.807) is 0 Å². The van der Waals surface area contributed by atoms with E-state index in [-0.39, 0.29) is 0 Å². The second kappa shape index (κ2) is 4.60. The van der Waals surface area contributed by atoms with Gasteiger partial charge >= 0.3 is 0 Å². The standard InChI is InChI=1S/C14H23NO/c1-3-4-13(11(2)15-16)10-14-7-5-12(9-14)6-8-14/h5,7,12-13,16H,3-4,6,8-10H2,1-2H3/b15-11+/t12-,13-,14+/m1/s1. The summed E-state index contributed by atoms with van der Waals surface area (Å²) in [6.45, 7) is 4.17. The molecule has 0 unspecified atom stereocenters. The molecule has 1 fully saturated rings. The van der Waals surface area contributed by atoms with Gasteiger partial charge in [0.05, 0.1) is 5.71 Å². The van der Waals surface area contributed by atoms with Crippen LogP contribution in [0.2, 0.25) is 0 Å². The number of hydrogen-bond acceptors (Lipinski definition) is 2. The maximum atomic E-state index is 8.94. The van der Waals surface area contributed by atoms with Crippen molar-refractivity contribution in [3.63, 3.8) is 0 Å². The molecule has 2 rings (SSSR count). The molecule has 2 aliphatic rings. The molecule has 3 atom stereocenters. The van der Waals surface area contributed by atoms with Crippen molar-refractivity contribution in [2.45, 2.75) is 52.4 Å². The molecule has 16 heavy (non-hydrogen) atoms. The zero-order chi connectivity index (χ0) is 11.6. The van der Waals surface area contributed by atoms with E-state index in [0.717, 1.165) is 18.1 Å². The first-order valence-electron chi connectivity index (χ1n) is 6.57. The van der Waals surface area contributed by atoms with Crippen LogP contribution in [0.5, 0.6) is 0 Å². The fourth-order valence-corrected chi connectivity index (χ4v) is 3.49. The highest BCUT2D eigenvalue weighted by Crippen LogP contribution is 2.53. The summed E-state index contributed by atoms with van der Waals surface area (Å²) < 4.78 is 0. The summed E-state index contributed by atoms with van der Waals surface area (Å²) in [6.07, 6.45) is 12.4. The van der Waals surface area contributed by atoms with E-state index in [1.165, 1.54) is 32.1 Å². The lowest BCUT2D eigenvalue weighted by Crippen LogP contribution is -2.22. The van der Waals surface area contributed by atoms with Crippen LogP contribution in [0.15, 0.2) is 17.3 Å². The molecule has 0 saturated heterocycles. The molecule has 0 radical (unpaired) electrons. The number of allylic oxidation sites excluding steroid dienone is 2. The van der Waals surface area contributed by atoms with Gasteiger partial charge in [-0.25, -0.2) is 0 Å². The molecular weight excluding hydrogens is 198 g/mol. The summed E-state index contributed by atoms with van der Waals surface area (Å²) in [7, 11) is 0. The van der Waals surface area contributed by atoms with E-state index >= 15 is 0 Å². The zero-order valence-electron chi connectivity index (χ0n) is 10.4. The SMILES string of the molecule is CCC[C@H](C[C@@]12C=C[C@H](CC1)C2)/C(C)=N/O. The van der Waals surface area contributed by atoms with Gasteiger partial charge in [0, 0.05) is 5.92 Å². The fraction of sp³-hybridized carbons (Fsp3) is 0.786. The normalized spacial score (nSPS) is 34.6. The third-order valence-corrected chi connectivity index (χ3v) is 4.44. The van der Waals surface area contributed by atoms with E-state index in [2.05, 4.69) is 24.2 Å². The van der Waals surface area contributed by atoms with E-state index in [0.29, 0.717) is 11.3 Å². The van der Waals surface area contributed by atoms with Gasteiger partial charge in [0.25, 0.3) is 0 Å². The van der Waals surface area contributed by atoms with Crippen molar-refractivity contribution in [1.82, 2.24) is 0 Å². The first-order valence-corrected chi connectivity index (χ1v) is 6.57. The van der Waals surface area contributed by atoms with Crippen LogP contribution in [0.25, 0.3) is 0 Å². The van der Waals surface area contributed by atoms with Crippen molar-refractivity contribution in [3.8, 4) is 0 Å². The maximum Gasteiger partial charge on any atom is 0.0571 e. The lowest BCUT2D eigenvalue weighted by atomic mass is 9.76. The molecule has 0 aliphatic heterocycles. The van der Waals surface area contributed by atoms with Gasteiger partial charge in [0.2, 0.25) is 0 Å². The number of oxime groups is 1. The van der Waals surface area contributed by atoms with Crippen molar-refractivity contribution in [1.29, 1.82) is 0 Å². The van der Waals surface area contributed by atoms with E-state index in [1.807, 2.05) is 6.92 Å². The van der Waals surface area contributed by atoms with Crippen molar-refractivity contribution in [3.05, 3.63) is 12.2 Å². The molecule has 0 aromatic heterocycles. The number of nitrogens with zero attached hydrogens (tertiary/aromatic N) is 1. The van der Waals surface area contributed by atoms with Crippen LogP contribution in [-0.4, -0.2) is 10.9 Å². The summed E-state index contributed by atoms with van der Waals surface area (Å²) in [6, 6.07) is 0. The Morgan fingerprint density at radius 2 is 2.44 bits per heavy atom. The third-order valence-electron chi connectivity index (χ3n) is 4.44. The molecule has 1 saturated carbocycles. The predicted octanol–water partition coefficient (Wildman–Crippen LogP) is 4.00. The lowest BCUT2D eigenvalue weighted by molar-refractivity contribution is 0.294. The highest BCUT2D eigenvalue weighted by molar-refractivity contribution is 5.83. The summed E-state index contributed by atoms with van der Waals surface area (Å²) in [5.41, 5.74) is 1.36. The van der Waals surface area contributed by atoms with Gasteiger partial charge in [0.1, 0.15) is 0 Å². The summed E-state index contributed by atoms with van der Waals surface area (Å²) in [4.78, 5) is 0. The van der Waals surface area contributed by atoms with Gasteiger partial charge in [-0.15, -0.1) is 0 Å². The Balaban J connectivity index is 2.03. The van der Waals surface area contributed by atoms with E-state index in [9.17, 15) is 0 Å². The molecular formula is C14H23NO. The topological polar surface area (TPSA) is 32.6 Å². The van der Waals surface area contributed by atoms with Crippen molar-refractivity contribution in [2.24, 2.45) is 22.4 Å². The van der Waals surface area contributed by atoms with E-state index < -0.39 is 0 Å². The third kappa shape index (κ3) is 2.16. The van der Waals surface area contributed by atoms with Crippen LogP contribution in [0, 0.1) is 17.3 Å². The average Bonchev–Trinajstić information content (AvgIpc) is 2.87. The van der Waals surface area contributed by atoms with Crippen molar-refractivity contribution in [2.75, 3.05) is 0 Å². The molecule has 2 bridgehead atoms. The van der Waals surface area contributed by atoms with Gasteiger partial charge in [0.15, 0.2) is 0 Å². The maximum absolute atomic E-state index is 8.94. The Morgan fingerprint density at radius 1 is 1.62 bits per heavy atom. The van der Waals surface area contributed by atoms with Crippen LogP contribution >= 0.6 is 0 Å². The molecule has 0 spiro atoms. The number of fused-ring (bicyclic) bond motifs is 2. The van der Waals surface area contributed by atoms with Crippen LogP contribution in [0.4, 0.5) is 0 Å². The van der Waals surface area contributed by atoms with Gasteiger partial charge < -0.3 is 5.21 Å². The fourth-order valence-electron chi connectivity index (χ4n) is 3.49. The zero-order valence-corrected chi connectivity index (χ0v) is 10.4. The highest BCUT2D eigenvalue weighted by atomic mass is 16.4. The Labute approximate surface area is 98.4 Å². The Hall–Kier alpha value is -0.790. The van der Waals surface area contributed by atoms with Gasteiger partial charge in [-0.2, -0.15) is 0 Å². The second-order valence-corrected chi connectivity index (χ2v) is 5.66. The summed E-state index contributed by atoms with van der Waals surface area (Å²) in [5.74, 6) is 1.31. The molecule has 1 N–H and O–H groups in total. The van der Waals surface area contributed by atoms with Crippen LogP contribution < -0.4 is 0 Å². The molecule has 2 nitrogen and oxygen atoms in total. The van der Waals surface area contributed by atoms with E-state index in [4.69, 9.17) is 5.21 Å². The second-order valence-electron chi connectivity index (χ2n) is 5.66. The van der Waals surface area contributed by atoms with Crippen LogP contribution in [0.1, 0.15) is 52.4 Å². The summed E-state index contributed by atoms with van der Waals surface area (Å²) in [5, 5.41) is 12.4. The molecule has 2 aliphatic carbocycles. The number of rotatable bonds is 5. The van der Waals surface area contributed by atoms with Gasteiger partial charge in [-0.05, 0) is 50.4 Å². The minimum atomic E-state index is 0.441. The van der Waals surface area contributed by atoms with Crippen molar-refractivity contribution < 1.29 is 5.21 Å². The van der Waals surface area contributed by atoms with Crippen LogP contribution in [-0.2, 0) is 0 Å². The molecule has 0 amide bonds. The monoisotopic (exact) mass is 221 g/mol. The first-order chi connectivity index (χ1) is 7.69. The summed E-state index contributed by atoms with van der Waals surface area (Å²) >= 11 is 0. The Morgan fingerprint density at radius 3 is 2.88 bits per heavy atom. The molecule has 0 heterocycles. The Kier molecular flexibility index (Phi) is 3.36.